The third-order valence-electron chi connectivity index (χ3n) is 4.97. The molecule has 0 aliphatic carbocycles. The van der Waals surface area contributed by atoms with E-state index in [0.717, 1.165) is 16.8 Å². The topological polar surface area (TPSA) is 105 Å². The van der Waals surface area contributed by atoms with Gasteiger partial charge in [-0.05, 0) is 43.2 Å². The zero-order valence-corrected chi connectivity index (χ0v) is 16.4. The van der Waals surface area contributed by atoms with Crippen molar-refractivity contribution < 1.29 is 4.52 Å². The fourth-order valence-corrected chi connectivity index (χ4v) is 3.16. The van der Waals surface area contributed by atoms with Crippen LogP contribution in [0.15, 0.2) is 64.2 Å². The first-order valence-corrected chi connectivity index (χ1v) is 9.36. The summed E-state index contributed by atoms with van der Waals surface area (Å²) in [5, 5.41) is 12.1. The molecule has 0 fully saturated rings. The molecule has 5 rings (SSSR count). The molecule has 9 heteroatoms. The van der Waals surface area contributed by atoms with E-state index in [1.54, 1.807) is 0 Å². The van der Waals surface area contributed by atoms with Gasteiger partial charge in [-0.25, -0.2) is 4.98 Å². The molecule has 9 nitrogen and oxygen atoms in total. The van der Waals surface area contributed by atoms with Gasteiger partial charge in [0.2, 0.25) is 11.7 Å². The van der Waals surface area contributed by atoms with Crippen molar-refractivity contribution in [2.45, 2.75) is 20.4 Å². The van der Waals surface area contributed by atoms with E-state index in [1.807, 2.05) is 62.4 Å². The number of para-hydroxylation sites is 1. The maximum atomic E-state index is 12.9. The standard InChI is InChI=1S/C21H17N7O2/c1-13-8-9-15(10-14(13)2)19-23-17(30-25-19)11-27-12-22-20-18(21(27)29)24-26-28(20)16-6-4-3-5-7-16/h3-10,12H,11H2,1-2H3. The third-order valence-corrected chi connectivity index (χ3v) is 4.97. The molecule has 5 aromatic rings. The van der Waals surface area contributed by atoms with Gasteiger partial charge in [-0.15, -0.1) is 5.10 Å². The highest BCUT2D eigenvalue weighted by Crippen LogP contribution is 2.19. The highest BCUT2D eigenvalue weighted by molar-refractivity contribution is 5.70. The van der Waals surface area contributed by atoms with Crippen LogP contribution in [0.3, 0.4) is 0 Å². The Kier molecular flexibility index (Phi) is 4.20. The summed E-state index contributed by atoms with van der Waals surface area (Å²) in [6, 6.07) is 15.4. The van der Waals surface area contributed by atoms with E-state index in [1.165, 1.54) is 21.1 Å². The molecule has 0 aliphatic rings. The van der Waals surface area contributed by atoms with E-state index >= 15 is 0 Å². The monoisotopic (exact) mass is 399 g/mol. The number of aromatic nitrogens is 7. The Morgan fingerprint density at radius 2 is 1.87 bits per heavy atom. The zero-order chi connectivity index (χ0) is 20.7. The predicted octanol–water partition coefficient (Wildman–Crippen LogP) is 2.69. The summed E-state index contributed by atoms with van der Waals surface area (Å²) in [4.78, 5) is 21.6. The summed E-state index contributed by atoms with van der Waals surface area (Å²) in [5.74, 6) is 0.784. The van der Waals surface area contributed by atoms with Crippen LogP contribution in [0.4, 0.5) is 0 Å². The van der Waals surface area contributed by atoms with Crippen molar-refractivity contribution in [3.8, 4) is 17.1 Å². The average Bonchev–Trinajstić information content (AvgIpc) is 3.40. The van der Waals surface area contributed by atoms with Crippen LogP contribution < -0.4 is 5.56 Å². The molecule has 3 aromatic heterocycles. The molecule has 0 amide bonds. The van der Waals surface area contributed by atoms with E-state index in [2.05, 4.69) is 25.4 Å². The van der Waals surface area contributed by atoms with Gasteiger partial charge < -0.3 is 4.52 Å². The predicted molar refractivity (Wildman–Crippen MR) is 109 cm³/mol. The minimum absolute atomic E-state index is 0.0951. The third kappa shape index (κ3) is 3.06. The number of benzene rings is 2. The average molecular weight is 399 g/mol. The molecule has 0 N–H and O–H groups in total. The van der Waals surface area contributed by atoms with Crippen molar-refractivity contribution in [2.75, 3.05) is 0 Å². The van der Waals surface area contributed by atoms with Crippen LogP contribution in [0.2, 0.25) is 0 Å². The Bertz CT molecular complexity index is 1420. The number of hydrogen-bond acceptors (Lipinski definition) is 7. The molecular formula is C21H17N7O2. The number of rotatable bonds is 4. The summed E-state index contributed by atoms with van der Waals surface area (Å²) in [6.07, 6.45) is 1.44. The molecule has 30 heavy (non-hydrogen) atoms. The molecular weight excluding hydrogens is 382 g/mol. The first kappa shape index (κ1) is 17.9. The highest BCUT2D eigenvalue weighted by atomic mass is 16.5. The summed E-state index contributed by atoms with van der Waals surface area (Å²) in [7, 11) is 0. The number of hydrogen-bond donors (Lipinski definition) is 0. The first-order chi connectivity index (χ1) is 14.6. The molecule has 3 heterocycles. The molecule has 148 valence electrons. The fourth-order valence-electron chi connectivity index (χ4n) is 3.16. The fraction of sp³-hybridized carbons (Fsp3) is 0.143. The Hall–Kier alpha value is -4.14. The van der Waals surface area contributed by atoms with E-state index in [0.29, 0.717) is 17.4 Å². The van der Waals surface area contributed by atoms with Crippen molar-refractivity contribution in [3.05, 3.63) is 82.2 Å². The van der Waals surface area contributed by atoms with Crippen molar-refractivity contribution in [3.63, 3.8) is 0 Å². The van der Waals surface area contributed by atoms with Crippen molar-refractivity contribution in [1.82, 2.24) is 34.7 Å². The SMILES string of the molecule is Cc1ccc(-c2noc(Cn3cnc4c(nnn4-c4ccccc4)c3=O)n2)cc1C. The quantitative estimate of drug-likeness (QED) is 0.457. The van der Waals surface area contributed by atoms with Gasteiger partial charge in [0.15, 0.2) is 11.2 Å². The summed E-state index contributed by atoms with van der Waals surface area (Å²) in [5.41, 5.74) is 4.22. The minimum atomic E-state index is -0.326. The van der Waals surface area contributed by atoms with Gasteiger partial charge in [0.05, 0.1) is 5.69 Å². The van der Waals surface area contributed by atoms with Crippen LogP contribution in [0.1, 0.15) is 17.0 Å². The molecule has 0 saturated heterocycles. The van der Waals surface area contributed by atoms with Gasteiger partial charge >= 0.3 is 0 Å². The summed E-state index contributed by atoms with van der Waals surface area (Å²) < 4.78 is 8.26. The van der Waals surface area contributed by atoms with Crippen molar-refractivity contribution in [1.29, 1.82) is 0 Å². The second-order valence-electron chi connectivity index (χ2n) is 7.00. The molecule has 0 radical (unpaired) electrons. The van der Waals surface area contributed by atoms with E-state index in [4.69, 9.17) is 4.52 Å². The lowest BCUT2D eigenvalue weighted by molar-refractivity contribution is 0.369. The maximum absolute atomic E-state index is 12.9. The van der Waals surface area contributed by atoms with Crippen molar-refractivity contribution in [2.24, 2.45) is 0 Å². The smallest absolute Gasteiger partial charge is 0.284 e. The zero-order valence-electron chi connectivity index (χ0n) is 16.4. The Balaban J connectivity index is 1.46. The van der Waals surface area contributed by atoms with Crippen LogP contribution in [-0.2, 0) is 6.54 Å². The maximum Gasteiger partial charge on any atom is 0.284 e. The first-order valence-electron chi connectivity index (χ1n) is 9.36. The van der Waals surface area contributed by atoms with Crippen LogP contribution >= 0.6 is 0 Å². The van der Waals surface area contributed by atoms with E-state index in [9.17, 15) is 4.79 Å². The molecule has 0 saturated carbocycles. The summed E-state index contributed by atoms with van der Waals surface area (Å²) in [6.45, 7) is 4.17. The lowest BCUT2D eigenvalue weighted by atomic mass is 10.1. The van der Waals surface area contributed by atoms with Gasteiger partial charge in [-0.2, -0.15) is 9.67 Å². The lowest BCUT2D eigenvalue weighted by Crippen LogP contribution is -2.21. The van der Waals surface area contributed by atoms with Crippen LogP contribution in [0.5, 0.6) is 0 Å². The molecule has 2 aromatic carbocycles. The van der Waals surface area contributed by atoms with Crippen LogP contribution in [-0.4, -0.2) is 34.7 Å². The Morgan fingerprint density at radius 3 is 2.67 bits per heavy atom. The second kappa shape index (κ2) is 7.03. The largest absolute Gasteiger partial charge is 0.337 e. The molecule has 0 aliphatic heterocycles. The van der Waals surface area contributed by atoms with E-state index < -0.39 is 0 Å². The Morgan fingerprint density at radius 1 is 1.03 bits per heavy atom. The number of aryl methyl sites for hydroxylation is 2. The van der Waals surface area contributed by atoms with Crippen LogP contribution in [0, 0.1) is 13.8 Å². The number of nitrogens with zero attached hydrogens (tertiary/aromatic N) is 7. The van der Waals surface area contributed by atoms with Gasteiger partial charge in [0.1, 0.15) is 12.9 Å². The van der Waals surface area contributed by atoms with Gasteiger partial charge in [-0.1, -0.05) is 40.7 Å². The second-order valence-corrected chi connectivity index (χ2v) is 7.00. The van der Waals surface area contributed by atoms with Gasteiger partial charge in [0.25, 0.3) is 5.56 Å². The number of fused-ring (bicyclic) bond motifs is 1. The molecule has 0 atom stereocenters. The molecule has 0 unspecified atom stereocenters. The van der Waals surface area contributed by atoms with Gasteiger partial charge in [-0.3, -0.25) is 9.36 Å². The normalized spacial score (nSPS) is 11.3. The van der Waals surface area contributed by atoms with E-state index in [-0.39, 0.29) is 17.6 Å². The minimum Gasteiger partial charge on any atom is -0.337 e. The highest BCUT2D eigenvalue weighted by Gasteiger charge is 2.15. The molecule has 0 bridgehead atoms. The molecule has 0 spiro atoms. The Labute approximate surface area is 170 Å². The van der Waals surface area contributed by atoms with Gasteiger partial charge in [0, 0.05) is 5.56 Å². The summed E-state index contributed by atoms with van der Waals surface area (Å²) >= 11 is 0. The van der Waals surface area contributed by atoms with Crippen LogP contribution in [0.25, 0.3) is 28.2 Å². The lowest BCUT2D eigenvalue weighted by Gasteiger charge is -2.03. The van der Waals surface area contributed by atoms with Crippen molar-refractivity contribution >= 4 is 11.2 Å².